The Labute approximate surface area is 121 Å². The van der Waals surface area contributed by atoms with E-state index in [9.17, 15) is 8.42 Å². The molecule has 0 unspecified atom stereocenters. The van der Waals surface area contributed by atoms with E-state index in [2.05, 4.69) is 4.72 Å². The van der Waals surface area contributed by atoms with Gasteiger partial charge in [-0.3, -0.25) is 0 Å². The SMILES string of the molecule is COCCCS(=O)(=O)NCCc1ccc(N)cc1.Cl. The number of ether oxygens (including phenoxy) is 1. The lowest BCUT2D eigenvalue weighted by molar-refractivity contribution is 0.199. The Morgan fingerprint density at radius 2 is 1.89 bits per heavy atom. The lowest BCUT2D eigenvalue weighted by Gasteiger charge is -2.06. The Morgan fingerprint density at radius 1 is 1.26 bits per heavy atom. The molecule has 0 aliphatic carbocycles. The summed E-state index contributed by atoms with van der Waals surface area (Å²) in [5.41, 5.74) is 7.34. The lowest BCUT2D eigenvalue weighted by Crippen LogP contribution is -2.28. The first-order valence-electron chi connectivity index (χ1n) is 5.84. The molecule has 1 aromatic carbocycles. The topological polar surface area (TPSA) is 81.4 Å². The number of sulfonamides is 1. The van der Waals surface area contributed by atoms with Crippen molar-refractivity contribution in [3.63, 3.8) is 0 Å². The van der Waals surface area contributed by atoms with Gasteiger partial charge < -0.3 is 10.5 Å². The van der Waals surface area contributed by atoms with Gasteiger partial charge in [0.25, 0.3) is 0 Å². The number of hydrogen-bond donors (Lipinski definition) is 2. The number of anilines is 1. The lowest BCUT2D eigenvalue weighted by atomic mass is 10.1. The van der Waals surface area contributed by atoms with E-state index in [-0.39, 0.29) is 18.2 Å². The van der Waals surface area contributed by atoms with E-state index < -0.39 is 10.0 Å². The second-order valence-corrected chi connectivity index (χ2v) is 5.98. The predicted octanol–water partition coefficient (Wildman–Crippen LogP) is 1.19. The highest BCUT2D eigenvalue weighted by Gasteiger charge is 2.08. The first-order chi connectivity index (χ1) is 8.53. The van der Waals surface area contributed by atoms with E-state index in [0.29, 0.717) is 31.7 Å². The second-order valence-electron chi connectivity index (χ2n) is 4.05. The minimum atomic E-state index is -3.19. The summed E-state index contributed by atoms with van der Waals surface area (Å²) >= 11 is 0. The summed E-state index contributed by atoms with van der Waals surface area (Å²) in [5.74, 6) is 0.0998. The van der Waals surface area contributed by atoms with Crippen molar-refractivity contribution in [2.45, 2.75) is 12.8 Å². The summed E-state index contributed by atoms with van der Waals surface area (Å²) in [6.07, 6.45) is 1.16. The molecule has 0 fully saturated rings. The monoisotopic (exact) mass is 308 g/mol. The number of rotatable bonds is 8. The van der Waals surface area contributed by atoms with Gasteiger partial charge in [-0.1, -0.05) is 12.1 Å². The van der Waals surface area contributed by atoms with Gasteiger partial charge in [-0.2, -0.15) is 0 Å². The minimum Gasteiger partial charge on any atom is -0.399 e. The molecule has 1 aromatic rings. The molecule has 0 saturated heterocycles. The first kappa shape index (κ1) is 18.2. The Hall–Kier alpha value is -0.820. The fourth-order valence-electron chi connectivity index (χ4n) is 1.50. The molecule has 0 aliphatic rings. The van der Waals surface area contributed by atoms with Crippen LogP contribution < -0.4 is 10.5 Å². The van der Waals surface area contributed by atoms with E-state index in [1.54, 1.807) is 7.11 Å². The van der Waals surface area contributed by atoms with Crippen LogP contribution >= 0.6 is 12.4 Å². The van der Waals surface area contributed by atoms with Crippen LogP contribution in [0, 0.1) is 0 Å². The molecule has 110 valence electrons. The molecule has 0 heterocycles. The van der Waals surface area contributed by atoms with Crippen molar-refractivity contribution in [3.05, 3.63) is 29.8 Å². The molecule has 7 heteroatoms. The van der Waals surface area contributed by atoms with Crippen molar-refractivity contribution in [1.82, 2.24) is 4.72 Å². The molecule has 0 bridgehead atoms. The van der Waals surface area contributed by atoms with Crippen molar-refractivity contribution < 1.29 is 13.2 Å². The smallest absolute Gasteiger partial charge is 0.211 e. The fourth-order valence-corrected chi connectivity index (χ4v) is 2.56. The van der Waals surface area contributed by atoms with Gasteiger partial charge in [0.2, 0.25) is 10.0 Å². The van der Waals surface area contributed by atoms with Gasteiger partial charge in [-0.25, -0.2) is 13.1 Å². The molecule has 0 aromatic heterocycles. The largest absolute Gasteiger partial charge is 0.399 e. The maximum atomic E-state index is 11.6. The van der Waals surface area contributed by atoms with E-state index in [1.165, 1.54) is 0 Å². The van der Waals surface area contributed by atoms with Crippen LogP contribution in [-0.4, -0.2) is 34.4 Å². The van der Waals surface area contributed by atoms with Crippen molar-refractivity contribution in [2.75, 3.05) is 31.7 Å². The molecule has 0 amide bonds. The third-order valence-electron chi connectivity index (χ3n) is 2.48. The van der Waals surface area contributed by atoms with Gasteiger partial charge in [0.15, 0.2) is 0 Å². The molecule has 19 heavy (non-hydrogen) atoms. The van der Waals surface area contributed by atoms with Gasteiger partial charge in [-0.15, -0.1) is 12.4 Å². The molecule has 0 radical (unpaired) electrons. The predicted molar refractivity (Wildman–Crippen MR) is 80.1 cm³/mol. The van der Waals surface area contributed by atoms with Crippen molar-refractivity contribution in [3.8, 4) is 0 Å². The summed E-state index contributed by atoms with van der Waals surface area (Å²) in [5, 5.41) is 0. The summed E-state index contributed by atoms with van der Waals surface area (Å²) in [7, 11) is -1.63. The Morgan fingerprint density at radius 3 is 2.47 bits per heavy atom. The van der Waals surface area contributed by atoms with Gasteiger partial charge in [0.1, 0.15) is 0 Å². The molecular weight excluding hydrogens is 288 g/mol. The molecule has 0 spiro atoms. The molecule has 0 aliphatic heterocycles. The second kappa shape index (κ2) is 9.14. The first-order valence-corrected chi connectivity index (χ1v) is 7.49. The number of nitrogen functional groups attached to an aromatic ring is 1. The van der Waals surface area contributed by atoms with Crippen molar-refractivity contribution in [2.24, 2.45) is 0 Å². The number of nitrogens with two attached hydrogens (primary N) is 1. The highest BCUT2D eigenvalue weighted by atomic mass is 35.5. The van der Waals surface area contributed by atoms with E-state index in [1.807, 2.05) is 24.3 Å². The summed E-state index contributed by atoms with van der Waals surface area (Å²) in [6.45, 7) is 0.859. The van der Waals surface area contributed by atoms with Crippen LogP contribution in [0.1, 0.15) is 12.0 Å². The number of halogens is 1. The normalized spacial score (nSPS) is 11.0. The average Bonchev–Trinajstić information content (AvgIpc) is 2.32. The van der Waals surface area contributed by atoms with Crippen molar-refractivity contribution in [1.29, 1.82) is 0 Å². The van der Waals surface area contributed by atoms with E-state index in [4.69, 9.17) is 10.5 Å². The standard InChI is InChI=1S/C12H20N2O3S.ClH/c1-17-9-2-10-18(15,16)14-8-7-11-3-5-12(13)6-4-11;/h3-6,14H,2,7-10,13H2,1H3;1H. The van der Waals surface area contributed by atoms with Crippen LogP contribution in [0.15, 0.2) is 24.3 Å². The third kappa shape index (κ3) is 8.05. The molecular formula is C12H21ClN2O3S. The number of nitrogens with one attached hydrogen (secondary N) is 1. The molecule has 1 rings (SSSR count). The van der Waals surface area contributed by atoms with Gasteiger partial charge >= 0.3 is 0 Å². The zero-order valence-electron chi connectivity index (χ0n) is 11.0. The van der Waals surface area contributed by atoms with Crippen LogP contribution in [0.3, 0.4) is 0 Å². The quantitative estimate of drug-likeness (QED) is 0.558. The summed E-state index contributed by atoms with van der Waals surface area (Å²) in [4.78, 5) is 0. The zero-order chi connectivity index (χ0) is 13.4. The number of benzene rings is 1. The fraction of sp³-hybridized carbons (Fsp3) is 0.500. The van der Waals surface area contributed by atoms with Crippen molar-refractivity contribution >= 4 is 28.1 Å². The molecule has 5 nitrogen and oxygen atoms in total. The van der Waals surface area contributed by atoms with Crippen LogP contribution in [0.2, 0.25) is 0 Å². The van der Waals surface area contributed by atoms with E-state index in [0.717, 1.165) is 5.56 Å². The van der Waals surface area contributed by atoms with Crippen LogP contribution in [-0.2, 0) is 21.2 Å². The van der Waals surface area contributed by atoms with Crippen LogP contribution in [0.25, 0.3) is 0 Å². The van der Waals surface area contributed by atoms with E-state index >= 15 is 0 Å². The van der Waals surface area contributed by atoms with Gasteiger partial charge in [-0.05, 0) is 30.5 Å². The maximum Gasteiger partial charge on any atom is 0.211 e. The Bertz CT molecular complexity index is 449. The summed E-state index contributed by atoms with van der Waals surface area (Å²) < 4.78 is 30.5. The van der Waals surface area contributed by atoms with Gasteiger partial charge in [0.05, 0.1) is 5.75 Å². The number of methoxy groups -OCH3 is 1. The Kier molecular flexibility index (Phi) is 8.75. The maximum absolute atomic E-state index is 11.6. The number of hydrogen-bond acceptors (Lipinski definition) is 4. The Balaban J connectivity index is 0.00000324. The third-order valence-corrected chi connectivity index (χ3v) is 3.95. The molecule has 0 saturated carbocycles. The zero-order valence-corrected chi connectivity index (χ0v) is 12.6. The van der Waals surface area contributed by atoms with Gasteiger partial charge in [0, 0.05) is 25.9 Å². The van der Waals surface area contributed by atoms with Crippen LogP contribution in [0.4, 0.5) is 5.69 Å². The molecule has 0 atom stereocenters. The minimum absolute atomic E-state index is 0. The highest BCUT2D eigenvalue weighted by molar-refractivity contribution is 7.89. The molecule has 3 N–H and O–H groups in total. The van der Waals surface area contributed by atoms with Crippen LogP contribution in [0.5, 0.6) is 0 Å². The average molecular weight is 309 g/mol. The highest BCUT2D eigenvalue weighted by Crippen LogP contribution is 2.05. The summed E-state index contributed by atoms with van der Waals surface area (Å²) in [6, 6.07) is 7.41.